The van der Waals surface area contributed by atoms with Crippen molar-refractivity contribution in [3.8, 4) is 0 Å². The van der Waals surface area contributed by atoms with Crippen LogP contribution in [0.2, 0.25) is 0 Å². The van der Waals surface area contributed by atoms with E-state index < -0.39 is 0 Å². The van der Waals surface area contributed by atoms with Gasteiger partial charge in [-0.15, -0.1) is 0 Å². The zero-order valence-corrected chi connectivity index (χ0v) is 12.7. The molecule has 2 fully saturated rings. The average Bonchev–Trinajstić information content (AvgIpc) is 2.45. The van der Waals surface area contributed by atoms with Gasteiger partial charge in [0, 0.05) is 11.5 Å². The van der Waals surface area contributed by atoms with Crippen molar-refractivity contribution in [3.63, 3.8) is 0 Å². The molecule has 1 aromatic carbocycles. The van der Waals surface area contributed by atoms with E-state index in [9.17, 15) is 0 Å². The summed E-state index contributed by atoms with van der Waals surface area (Å²) in [6.45, 7) is 4.52. The Hall–Kier alpha value is -0.890. The Morgan fingerprint density at radius 1 is 1.11 bits per heavy atom. The van der Waals surface area contributed by atoms with Gasteiger partial charge in [-0.3, -0.25) is 0 Å². The molecule has 1 unspecified atom stereocenters. The third-order valence-corrected chi connectivity index (χ3v) is 5.50. The van der Waals surface area contributed by atoms with Crippen LogP contribution in [-0.2, 0) is 0 Å². The van der Waals surface area contributed by atoms with Crippen LogP contribution >= 0.6 is 12.2 Å². The van der Waals surface area contributed by atoms with Gasteiger partial charge in [0.1, 0.15) is 0 Å². The summed E-state index contributed by atoms with van der Waals surface area (Å²) in [5.74, 6) is 0. The van der Waals surface area contributed by atoms with Crippen LogP contribution in [0.3, 0.4) is 0 Å². The number of hydrogen-bond acceptors (Lipinski definition) is 1. The highest BCUT2D eigenvalue weighted by Gasteiger charge is 2.57. The summed E-state index contributed by atoms with van der Waals surface area (Å²) in [5.41, 5.74) is 1.74. The topological polar surface area (TPSA) is 3.24 Å². The monoisotopic (exact) mass is 273 g/mol. The van der Waals surface area contributed by atoms with E-state index in [0.29, 0.717) is 17.5 Å². The normalized spacial score (nSPS) is 25.7. The third-order valence-electron chi connectivity index (χ3n) is 4.88. The molecule has 0 radical (unpaired) electrons. The Morgan fingerprint density at radius 2 is 1.74 bits per heavy atom. The minimum atomic E-state index is 0.291. The van der Waals surface area contributed by atoms with Gasteiger partial charge < -0.3 is 4.90 Å². The summed E-state index contributed by atoms with van der Waals surface area (Å²) in [7, 11) is 0. The van der Waals surface area contributed by atoms with Crippen molar-refractivity contribution in [2.24, 2.45) is 5.41 Å². The van der Waals surface area contributed by atoms with Gasteiger partial charge >= 0.3 is 0 Å². The molecule has 1 nitrogen and oxygen atoms in total. The molecule has 2 aliphatic rings. The van der Waals surface area contributed by atoms with Crippen molar-refractivity contribution in [2.45, 2.75) is 58.0 Å². The third kappa shape index (κ3) is 1.92. The Labute approximate surface area is 122 Å². The fourth-order valence-corrected chi connectivity index (χ4v) is 4.64. The molecule has 1 aromatic rings. The van der Waals surface area contributed by atoms with E-state index in [4.69, 9.17) is 12.2 Å². The molecule has 0 aromatic heterocycles. The second-order valence-electron chi connectivity index (χ2n) is 6.34. The largest absolute Gasteiger partial charge is 0.355 e. The Balaban J connectivity index is 1.98. The first kappa shape index (κ1) is 13.1. The summed E-state index contributed by atoms with van der Waals surface area (Å²) in [6, 6.07) is 12.0. The van der Waals surface area contributed by atoms with E-state index in [0.717, 1.165) is 0 Å². The molecule has 102 valence electrons. The van der Waals surface area contributed by atoms with Crippen LogP contribution in [0.4, 0.5) is 0 Å². The van der Waals surface area contributed by atoms with E-state index in [1.807, 2.05) is 0 Å². The molecule has 19 heavy (non-hydrogen) atoms. The molecule has 0 bridgehead atoms. The molecule has 3 rings (SSSR count). The molecule has 1 aliphatic heterocycles. The van der Waals surface area contributed by atoms with E-state index >= 15 is 0 Å². The molecular formula is C17H23NS. The molecule has 0 N–H and O–H groups in total. The number of likely N-dealkylation sites (tertiary alicyclic amines) is 1. The molecule has 1 atom stereocenters. The van der Waals surface area contributed by atoms with Crippen molar-refractivity contribution in [1.82, 2.24) is 4.90 Å². The van der Waals surface area contributed by atoms with Crippen LogP contribution in [0.1, 0.15) is 57.6 Å². The molecule has 1 saturated carbocycles. The second kappa shape index (κ2) is 4.90. The average molecular weight is 273 g/mol. The lowest BCUT2D eigenvalue weighted by Gasteiger charge is -2.62. The lowest BCUT2D eigenvalue weighted by molar-refractivity contribution is 0.0317. The summed E-state index contributed by atoms with van der Waals surface area (Å²) >= 11 is 5.82. The lowest BCUT2D eigenvalue weighted by Crippen LogP contribution is -2.64. The van der Waals surface area contributed by atoms with E-state index in [1.165, 1.54) is 42.7 Å². The predicted molar refractivity (Wildman–Crippen MR) is 84.3 cm³/mol. The van der Waals surface area contributed by atoms with Crippen molar-refractivity contribution >= 4 is 17.2 Å². The highest BCUT2D eigenvalue weighted by Crippen LogP contribution is 2.59. The van der Waals surface area contributed by atoms with Gasteiger partial charge in [-0.05, 0) is 32.3 Å². The first-order valence-corrected chi connectivity index (χ1v) is 7.95. The zero-order valence-electron chi connectivity index (χ0n) is 11.9. The highest BCUT2D eigenvalue weighted by molar-refractivity contribution is 7.80. The van der Waals surface area contributed by atoms with Crippen LogP contribution in [-0.4, -0.2) is 15.9 Å². The molecule has 2 heteroatoms. The van der Waals surface area contributed by atoms with Gasteiger partial charge in [0.25, 0.3) is 0 Å². The van der Waals surface area contributed by atoms with Crippen LogP contribution in [0.25, 0.3) is 0 Å². The van der Waals surface area contributed by atoms with Gasteiger partial charge in [-0.1, -0.05) is 61.8 Å². The fraction of sp³-hybridized carbons (Fsp3) is 0.588. The quantitative estimate of drug-likeness (QED) is 0.717. The lowest BCUT2D eigenvalue weighted by atomic mass is 9.60. The van der Waals surface area contributed by atoms with Crippen molar-refractivity contribution in [2.75, 3.05) is 0 Å². The van der Waals surface area contributed by atoms with E-state index in [-0.39, 0.29) is 0 Å². The predicted octanol–water partition coefficient (Wildman–Crippen LogP) is 4.73. The van der Waals surface area contributed by atoms with Crippen LogP contribution < -0.4 is 0 Å². The number of thiocarbonyl (C=S) groups is 1. The van der Waals surface area contributed by atoms with Crippen LogP contribution in [0.15, 0.2) is 30.3 Å². The first-order valence-electron chi connectivity index (χ1n) is 7.54. The second-order valence-corrected chi connectivity index (χ2v) is 6.72. The number of nitrogens with zero attached hydrogens (tertiary/aromatic N) is 1. The van der Waals surface area contributed by atoms with Gasteiger partial charge in [0.05, 0.1) is 11.0 Å². The maximum atomic E-state index is 5.82. The SMILES string of the molecule is CC(C)N1C(=S)C2(CCCCC2)C1c1ccccc1. The highest BCUT2D eigenvalue weighted by atomic mass is 32.1. The number of hydrogen-bond donors (Lipinski definition) is 0. The Kier molecular flexibility index (Phi) is 3.38. The minimum absolute atomic E-state index is 0.291. The summed E-state index contributed by atoms with van der Waals surface area (Å²) < 4.78 is 0. The summed E-state index contributed by atoms with van der Waals surface area (Å²) in [4.78, 5) is 3.70. The Morgan fingerprint density at radius 3 is 2.32 bits per heavy atom. The Bertz CT molecular complexity index is 459. The smallest absolute Gasteiger partial charge is 0.0874 e. The zero-order chi connectivity index (χ0) is 13.5. The van der Waals surface area contributed by atoms with Crippen LogP contribution in [0.5, 0.6) is 0 Å². The molecular weight excluding hydrogens is 250 g/mol. The number of rotatable bonds is 2. The van der Waals surface area contributed by atoms with E-state index in [2.05, 4.69) is 49.1 Å². The maximum Gasteiger partial charge on any atom is 0.0874 e. The van der Waals surface area contributed by atoms with Gasteiger partial charge in [0.2, 0.25) is 0 Å². The van der Waals surface area contributed by atoms with Gasteiger partial charge in [-0.25, -0.2) is 0 Å². The summed E-state index contributed by atoms with van der Waals surface area (Å²) in [6.07, 6.45) is 6.64. The summed E-state index contributed by atoms with van der Waals surface area (Å²) in [5, 5.41) is 0. The van der Waals surface area contributed by atoms with Crippen molar-refractivity contribution in [1.29, 1.82) is 0 Å². The first-order chi connectivity index (χ1) is 9.17. The molecule has 1 aliphatic carbocycles. The molecule has 1 heterocycles. The molecule has 1 spiro atoms. The maximum absolute atomic E-state index is 5.82. The van der Waals surface area contributed by atoms with Crippen molar-refractivity contribution < 1.29 is 0 Å². The molecule has 1 saturated heterocycles. The van der Waals surface area contributed by atoms with Crippen molar-refractivity contribution in [3.05, 3.63) is 35.9 Å². The molecule has 0 amide bonds. The standard InChI is InChI=1S/C17H23NS/c1-13(2)18-15(14-9-5-3-6-10-14)17(16(18)19)11-7-4-8-12-17/h3,5-6,9-10,13,15H,4,7-8,11-12H2,1-2H3. The van der Waals surface area contributed by atoms with E-state index in [1.54, 1.807) is 0 Å². The van der Waals surface area contributed by atoms with Gasteiger partial charge in [0.15, 0.2) is 0 Å². The fourth-order valence-electron chi connectivity index (χ4n) is 4.01. The number of benzene rings is 1. The van der Waals surface area contributed by atoms with Crippen LogP contribution in [0, 0.1) is 5.41 Å². The minimum Gasteiger partial charge on any atom is -0.355 e. The van der Waals surface area contributed by atoms with Gasteiger partial charge in [-0.2, -0.15) is 0 Å².